The molecule has 2 aromatic rings. The number of ether oxygens (including phenoxy) is 1. The number of benzene rings is 1. The molecule has 1 aromatic heterocycles. The number of hydrogen-bond acceptors (Lipinski definition) is 6. The van der Waals surface area contributed by atoms with Crippen molar-refractivity contribution in [1.29, 1.82) is 0 Å². The van der Waals surface area contributed by atoms with Crippen LogP contribution in [0.4, 0.5) is 5.13 Å². The second-order valence-electron chi connectivity index (χ2n) is 5.03. The van der Waals surface area contributed by atoms with Gasteiger partial charge in [0.1, 0.15) is 5.01 Å². The van der Waals surface area contributed by atoms with E-state index in [9.17, 15) is 4.79 Å². The van der Waals surface area contributed by atoms with Crippen molar-refractivity contribution in [2.24, 2.45) is 0 Å². The lowest BCUT2D eigenvalue weighted by Gasteiger charge is -2.26. The van der Waals surface area contributed by atoms with E-state index in [-0.39, 0.29) is 5.91 Å². The molecule has 1 amide bonds. The molecule has 0 spiro atoms. The molecule has 116 valence electrons. The minimum atomic E-state index is -0.0257. The number of carbonyl (C=O) groups is 1. The van der Waals surface area contributed by atoms with Crippen LogP contribution in [-0.4, -0.2) is 53.9 Å². The van der Waals surface area contributed by atoms with Gasteiger partial charge in [-0.1, -0.05) is 41.7 Å². The average molecular weight is 318 g/mol. The van der Waals surface area contributed by atoms with E-state index in [4.69, 9.17) is 4.74 Å². The first kappa shape index (κ1) is 15.1. The van der Waals surface area contributed by atoms with Crippen molar-refractivity contribution >= 4 is 22.4 Å². The first-order valence-corrected chi connectivity index (χ1v) is 8.12. The molecule has 1 aliphatic rings. The molecule has 1 aromatic carbocycles. The van der Waals surface area contributed by atoms with E-state index < -0.39 is 0 Å². The zero-order valence-electron chi connectivity index (χ0n) is 12.2. The van der Waals surface area contributed by atoms with Gasteiger partial charge in [0.15, 0.2) is 0 Å². The quantitative estimate of drug-likeness (QED) is 0.911. The molecule has 1 N–H and O–H groups in total. The molecule has 2 heterocycles. The highest BCUT2D eigenvalue weighted by molar-refractivity contribution is 7.18. The van der Waals surface area contributed by atoms with Gasteiger partial charge < -0.3 is 10.1 Å². The Kier molecular flexibility index (Phi) is 5.10. The van der Waals surface area contributed by atoms with Crippen LogP contribution in [0.2, 0.25) is 0 Å². The van der Waals surface area contributed by atoms with Gasteiger partial charge >= 0.3 is 0 Å². The zero-order valence-corrected chi connectivity index (χ0v) is 13.0. The monoisotopic (exact) mass is 318 g/mol. The third-order valence-electron chi connectivity index (χ3n) is 3.45. The number of hydrogen-bond donors (Lipinski definition) is 1. The third kappa shape index (κ3) is 4.09. The zero-order chi connectivity index (χ0) is 15.2. The van der Waals surface area contributed by atoms with Crippen LogP contribution in [0.15, 0.2) is 30.3 Å². The van der Waals surface area contributed by atoms with Gasteiger partial charge in [-0.25, -0.2) is 0 Å². The fourth-order valence-corrected chi connectivity index (χ4v) is 3.00. The van der Waals surface area contributed by atoms with Crippen molar-refractivity contribution in [3.8, 4) is 10.6 Å². The Morgan fingerprint density at radius 2 is 2.00 bits per heavy atom. The van der Waals surface area contributed by atoms with Crippen LogP contribution < -0.4 is 5.32 Å². The van der Waals surface area contributed by atoms with E-state index in [1.165, 1.54) is 11.3 Å². The van der Waals surface area contributed by atoms with E-state index in [1.807, 2.05) is 30.3 Å². The Morgan fingerprint density at radius 3 is 2.77 bits per heavy atom. The minimum Gasteiger partial charge on any atom is -0.379 e. The summed E-state index contributed by atoms with van der Waals surface area (Å²) in [6.07, 6.45) is 0.459. The molecule has 0 saturated carbocycles. The lowest BCUT2D eigenvalue weighted by Crippen LogP contribution is -2.38. The normalized spacial score (nSPS) is 15.6. The maximum absolute atomic E-state index is 12.0. The maximum Gasteiger partial charge on any atom is 0.227 e. The molecule has 1 aliphatic heterocycles. The summed E-state index contributed by atoms with van der Waals surface area (Å²) in [7, 11) is 0. The van der Waals surface area contributed by atoms with Crippen LogP contribution in [0.1, 0.15) is 6.42 Å². The standard InChI is InChI=1S/C15H18N4O2S/c20-13(6-7-19-8-10-21-11-9-19)16-15-18-17-14(22-15)12-4-2-1-3-5-12/h1-5H,6-11H2,(H,16,18,20). The van der Waals surface area contributed by atoms with E-state index in [1.54, 1.807) is 0 Å². The second kappa shape index (κ2) is 7.44. The van der Waals surface area contributed by atoms with Crippen molar-refractivity contribution in [3.05, 3.63) is 30.3 Å². The van der Waals surface area contributed by atoms with E-state index in [0.717, 1.165) is 43.4 Å². The maximum atomic E-state index is 12.0. The number of anilines is 1. The Morgan fingerprint density at radius 1 is 1.23 bits per heavy atom. The molecular weight excluding hydrogens is 300 g/mol. The summed E-state index contributed by atoms with van der Waals surface area (Å²) in [5.41, 5.74) is 1.01. The summed E-state index contributed by atoms with van der Waals surface area (Å²) in [5.74, 6) is -0.0257. The first-order chi connectivity index (χ1) is 10.8. The van der Waals surface area contributed by atoms with Gasteiger partial charge in [-0.05, 0) is 0 Å². The minimum absolute atomic E-state index is 0.0257. The molecule has 0 bridgehead atoms. The van der Waals surface area contributed by atoms with Crippen molar-refractivity contribution in [2.45, 2.75) is 6.42 Å². The Hall–Kier alpha value is -1.83. The highest BCUT2D eigenvalue weighted by Gasteiger charge is 2.13. The van der Waals surface area contributed by atoms with Crippen LogP contribution >= 0.6 is 11.3 Å². The second-order valence-corrected chi connectivity index (χ2v) is 6.01. The Labute approximate surface area is 133 Å². The number of aromatic nitrogens is 2. The largest absolute Gasteiger partial charge is 0.379 e. The number of nitrogens with one attached hydrogen (secondary N) is 1. The molecule has 22 heavy (non-hydrogen) atoms. The molecule has 3 rings (SSSR count). The highest BCUT2D eigenvalue weighted by Crippen LogP contribution is 2.25. The summed E-state index contributed by atoms with van der Waals surface area (Å²) in [4.78, 5) is 14.2. The van der Waals surface area contributed by atoms with Crippen LogP contribution in [0.25, 0.3) is 10.6 Å². The number of nitrogens with zero attached hydrogens (tertiary/aromatic N) is 3. The molecule has 1 saturated heterocycles. The average Bonchev–Trinajstić information content (AvgIpc) is 3.03. The molecular formula is C15H18N4O2S. The molecule has 7 heteroatoms. The molecule has 6 nitrogen and oxygen atoms in total. The fraction of sp³-hybridized carbons (Fsp3) is 0.400. The fourth-order valence-electron chi connectivity index (χ4n) is 2.24. The summed E-state index contributed by atoms with van der Waals surface area (Å²) in [5, 5.41) is 12.3. The summed E-state index contributed by atoms with van der Waals surface area (Å²) in [6, 6.07) is 9.82. The van der Waals surface area contributed by atoms with Crippen molar-refractivity contribution in [3.63, 3.8) is 0 Å². The highest BCUT2D eigenvalue weighted by atomic mass is 32.1. The molecule has 0 aliphatic carbocycles. The van der Waals surface area contributed by atoms with E-state index in [2.05, 4.69) is 20.4 Å². The van der Waals surface area contributed by atoms with Crippen LogP contribution in [0, 0.1) is 0 Å². The predicted molar refractivity (Wildman–Crippen MR) is 85.9 cm³/mol. The van der Waals surface area contributed by atoms with E-state index in [0.29, 0.717) is 11.6 Å². The first-order valence-electron chi connectivity index (χ1n) is 7.30. The Bertz CT molecular complexity index is 611. The van der Waals surface area contributed by atoms with Crippen LogP contribution in [0.3, 0.4) is 0 Å². The summed E-state index contributed by atoms with van der Waals surface area (Å²) >= 11 is 1.39. The molecule has 0 radical (unpaired) electrons. The topological polar surface area (TPSA) is 67.3 Å². The van der Waals surface area contributed by atoms with Gasteiger partial charge in [0.25, 0.3) is 0 Å². The van der Waals surface area contributed by atoms with Gasteiger partial charge in [0, 0.05) is 31.6 Å². The van der Waals surface area contributed by atoms with Gasteiger partial charge in [0.05, 0.1) is 13.2 Å². The third-order valence-corrected chi connectivity index (χ3v) is 4.34. The van der Waals surface area contributed by atoms with Gasteiger partial charge in [-0.3, -0.25) is 9.69 Å². The summed E-state index contributed by atoms with van der Waals surface area (Å²) < 4.78 is 5.29. The van der Waals surface area contributed by atoms with E-state index >= 15 is 0 Å². The summed E-state index contributed by atoms with van der Waals surface area (Å²) in [6.45, 7) is 4.03. The molecule has 1 fully saturated rings. The van der Waals surface area contributed by atoms with Gasteiger partial charge in [-0.15, -0.1) is 10.2 Å². The smallest absolute Gasteiger partial charge is 0.227 e. The lowest BCUT2D eigenvalue weighted by molar-refractivity contribution is -0.116. The van der Waals surface area contributed by atoms with Crippen molar-refractivity contribution < 1.29 is 9.53 Å². The number of carbonyl (C=O) groups excluding carboxylic acids is 1. The lowest BCUT2D eigenvalue weighted by atomic mass is 10.2. The molecule has 0 atom stereocenters. The number of rotatable bonds is 5. The number of morpholine rings is 1. The van der Waals surface area contributed by atoms with Crippen molar-refractivity contribution in [2.75, 3.05) is 38.2 Å². The molecule has 0 unspecified atom stereocenters. The van der Waals surface area contributed by atoms with Gasteiger partial charge in [0.2, 0.25) is 11.0 Å². The number of amides is 1. The SMILES string of the molecule is O=C(CCN1CCOCC1)Nc1nnc(-c2ccccc2)s1. The van der Waals surface area contributed by atoms with Crippen molar-refractivity contribution in [1.82, 2.24) is 15.1 Å². The van der Waals surface area contributed by atoms with Crippen LogP contribution in [0.5, 0.6) is 0 Å². The Balaban J connectivity index is 1.50. The van der Waals surface area contributed by atoms with Gasteiger partial charge in [-0.2, -0.15) is 0 Å². The predicted octanol–water partition coefficient (Wildman–Crippen LogP) is 1.87. The van der Waals surface area contributed by atoms with Crippen LogP contribution in [-0.2, 0) is 9.53 Å².